The van der Waals surface area contributed by atoms with Crippen molar-refractivity contribution in [2.24, 2.45) is 0 Å². The standard InChI is InChI=1S/C11H9BrFNO3/c1-16-11-9(8(12)10(15)17-11)14-7-4-2-6(13)3-5-7/h2-5,11,14H,1H3/t11-/m1/s1. The van der Waals surface area contributed by atoms with Crippen molar-refractivity contribution < 1.29 is 18.7 Å². The molecule has 4 nitrogen and oxygen atoms in total. The Labute approximate surface area is 106 Å². The molecule has 0 fully saturated rings. The SMILES string of the molecule is CO[C@@H]1OC(=O)C(Br)=C1Nc1ccc(F)cc1. The number of hydrogen-bond donors (Lipinski definition) is 1. The lowest BCUT2D eigenvalue weighted by Crippen LogP contribution is -2.18. The zero-order valence-electron chi connectivity index (χ0n) is 8.87. The van der Waals surface area contributed by atoms with E-state index < -0.39 is 12.3 Å². The minimum atomic E-state index is -0.776. The number of cyclic esters (lactones) is 1. The van der Waals surface area contributed by atoms with Gasteiger partial charge in [-0.3, -0.25) is 0 Å². The number of ether oxygens (including phenoxy) is 2. The van der Waals surface area contributed by atoms with Gasteiger partial charge in [-0.25, -0.2) is 9.18 Å². The van der Waals surface area contributed by atoms with Crippen molar-refractivity contribution in [3.8, 4) is 0 Å². The summed E-state index contributed by atoms with van der Waals surface area (Å²) in [5.74, 6) is -0.827. The van der Waals surface area contributed by atoms with Gasteiger partial charge in [0.1, 0.15) is 16.0 Å². The molecule has 0 amide bonds. The summed E-state index contributed by atoms with van der Waals surface area (Å²) in [6, 6.07) is 5.74. The summed E-state index contributed by atoms with van der Waals surface area (Å²) in [4.78, 5) is 11.3. The van der Waals surface area contributed by atoms with Crippen LogP contribution in [0.3, 0.4) is 0 Å². The van der Waals surface area contributed by atoms with E-state index in [0.29, 0.717) is 11.4 Å². The monoisotopic (exact) mass is 301 g/mol. The number of nitrogens with one attached hydrogen (secondary N) is 1. The summed E-state index contributed by atoms with van der Waals surface area (Å²) >= 11 is 3.11. The highest BCUT2D eigenvalue weighted by Gasteiger charge is 2.33. The van der Waals surface area contributed by atoms with E-state index in [1.807, 2.05) is 0 Å². The molecule has 0 bridgehead atoms. The second-order valence-electron chi connectivity index (χ2n) is 3.33. The second-order valence-corrected chi connectivity index (χ2v) is 4.13. The van der Waals surface area contributed by atoms with Crippen LogP contribution >= 0.6 is 15.9 Å². The number of rotatable bonds is 3. The summed E-state index contributed by atoms with van der Waals surface area (Å²) < 4.78 is 22.9. The van der Waals surface area contributed by atoms with E-state index in [1.54, 1.807) is 12.1 Å². The van der Waals surface area contributed by atoms with Crippen LogP contribution in [0.2, 0.25) is 0 Å². The first kappa shape index (κ1) is 12.1. The predicted octanol–water partition coefficient (Wildman–Crippen LogP) is 2.37. The molecule has 0 saturated heterocycles. The third kappa shape index (κ3) is 2.48. The fourth-order valence-electron chi connectivity index (χ4n) is 1.39. The molecule has 0 aromatic heterocycles. The highest BCUT2D eigenvalue weighted by atomic mass is 79.9. The van der Waals surface area contributed by atoms with Gasteiger partial charge in [0.15, 0.2) is 0 Å². The molecule has 0 aliphatic carbocycles. The molecule has 0 radical (unpaired) electrons. The summed E-state index contributed by atoms with van der Waals surface area (Å²) in [6.07, 6.45) is -0.776. The van der Waals surface area contributed by atoms with Crippen LogP contribution < -0.4 is 5.32 Å². The van der Waals surface area contributed by atoms with Gasteiger partial charge in [-0.1, -0.05) is 0 Å². The molecule has 6 heteroatoms. The summed E-state index contributed by atoms with van der Waals surface area (Å²) in [6.45, 7) is 0. The van der Waals surface area contributed by atoms with E-state index in [2.05, 4.69) is 21.2 Å². The number of anilines is 1. The minimum Gasteiger partial charge on any atom is -0.426 e. The van der Waals surface area contributed by atoms with E-state index in [0.717, 1.165) is 0 Å². The Bertz CT molecular complexity index is 472. The van der Waals surface area contributed by atoms with Crippen LogP contribution in [0.4, 0.5) is 10.1 Å². The number of halogens is 2. The Morgan fingerprint density at radius 1 is 1.41 bits per heavy atom. The first-order valence-electron chi connectivity index (χ1n) is 4.78. The highest BCUT2D eigenvalue weighted by molar-refractivity contribution is 9.12. The minimum absolute atomic E-state index is 0.272. The molecule has 0 saturated carbocycles. The van der Waals surface area contributed by atoms with Crippen molar-refractivity contribution >= 4 is 27.6 Å². The molecule has 1 atom stereocenters. The third-order valence-electron chi connectivity index (χ3n) is 2.20. The zero-order chi connectivity index (χ0) is 12.4. The van der Waals surface area contributed by atoms with E-state index in [1.165, 1.54) is 19.2 Å². The van der Waals surface area contributed by atoms with Gasteiger partial charge in [-0.05, 0) is 40.2 Å². The smallest absolute Gasteiger partial charge is 0.349 e. The Morgan fingerprint density at radius 3 is 2.65 bits per heavy atom. The van der Waals surface area contributed by atoms with E-state index in [9.17, 15) is 9.18 Å². The average Bonchev–Trinajstić information content (AvgIpc) is 2.59. The molecule has 1 N–H and O–H groups in total. The normalized spacial score (nSPS) is 19.5. The van der Waals surface area contributed by atoms with Crippen LogP contribution in [0.5, 0.6) is 0 Å². The maximum Gasteiger partial charge on any atom is 0.349 e. The van der Waals surface area contributed by atoms with Crippen LogP contribution in [0.15, 0.2) is 34.4 Å². The van der Waals surface area contributed by atoms with Crippen molar-refractivity contribution in [3.05, 3.63) is 40.3 Å². The Balaban J connectivity index is 2.22. The molecule has 17 heavy (non-hydrogen) atoms. The van der Waals surface area contributed by atoms with Crippen LogP contribution in [0, 0.1) is 5.82 Å². The molecule has 1 heterocycles. The first-order chi connectivity index (χ1) is 8.11. The third-order valence-corrected chi connectivity index (χ3v) is 2.95. The number of carbonyl (C=O) groups is 1. The molecule has 1 aliphatic rings. The van der Waals surface area contributed by atoms with Crippen molar-refractivity contribution in [3.63, 3.8) is 0 Å². The molecule has 90 valence electrons. The first-order valence-corrected chi connectivity index (χ1v) is 5.57. The van der Waals surface area contributed by atoms with Gasteiger partial charge in [-0.2, -0.15) is 0 Å². The van der Waals surface area contributed by atoms with E-state index in [4.69, 9.17) is 9.47 Å². The van der Waals surface area contributed by atoms with Crippen molar-refractivity contribution in [1.82, 2.24) is 0 Å². The number of hydrogen-bond acceptors (Lipinski definition) is 4. The lowest BCUT2D eigenvalue weighted by Gasteiger charge is -2.13. The van der Waals surface area contributed by atoms with Crippen LogP contribution in [-0.2, 0) is 14.3 Å². The quantitative estimate of drug-likeness (QED) is 0.871. The van der Waals surface area contributed by atoms with Gasteiger partial charge in [0.2, 0.25) is 6.29 Å². The summed E-state index contributed by atoms with van der Waals surface area (Å²) in [7, 11) is 1.43. The van der Waals surface area contributed by atoms with E-state index >= 15 is 0 Å². The van der Waals surface area contributed by atoms with Crippen molar-refractivity contribution in [1.29, 1.82) is 0 Å². The van der Waals surface area contributed by atoms with Gasteiger partial charge >= 0.3 is 5.97 Å². The number of methoxy groups -OCH3 is 1. The summed E-state index contributed by atoms with van der Waals surface area (Å²) in [5, 5.41) is 2.94. The number of carbonyl (C=O) groups excluding carboxylic acids is 1. The number of esters is 1. The Hall–Kier alpha value is -1.40. The molecule has 1 aromatic carbocycles. The van der Waals surface area contributed by atoms with Crippen LogP contribution in [-0.4, -0.2) is 19.4 Å². The molecule has 2 rings (SSSR count). The fraction of sp³-hybridized carbons (Fsp3) is 0.182. The molecular formula is C11H9BrFNO3. The van der Waals surface area contributed by atoms with Crippen molar-refractivity contribution in [2.75, 3.05) is 12.4 Å². The fourth-order valence-corrected chi connectivity index (χ4v) is 1.77. The zero-order valence-corrected chi connectivity index (χ0v) is 10.5. The predicted molar refractivity (Wildman–Crippen MR) is 62.9 cm³/mol. The maximum atomic E-state index is 12.7. The Kier molecular flexibility index (Phi) is 3.44. The van der Waals surface area contributed by atoms with E-state index in [-0.39, 0.29) is 10.3 Å². The lowest BCUT2D eigenvalue weighted by atomic mass is 10.3. The molecular weight excluding hydrogens is 293 g/mol. The lowest BCUT2D eigenvalue weighted by molar-refractivity contribution is -0.155. The topological polar surface area (TPSA) is 47.6 Å². The number of benzene rings is 1. The van der Waals surface area contributed by atoms with Crippen LogP contribution in [0.25, 0.3) is 0 Å². The van der Waals surface area contributed by atoms with Crippen LogP contribution in [0.1, 0.15) is 0 Å². The van der Waals surface area contributed by atoms with Gasteiger partial charge in [0.25, 0.3) is 0 Å². The molecule has 1 aromatic rings. The van der Waals surface area contributed by atoms with Gasteiger partial charge < -0.3 is 14.8 Å². The van der Waals surface area contributed by atoms with Gasteiger partial charge in [0, 0.05) is 12.8 Å². The van der Waals surface area contributed by atoms with Crippen molar-refractivity contribution in [2.45, 2.75) is 6.29 Å². The average molecular weight is 302 g/mol. The second kappa shape index (κ2) is 4.85. The summed E-state index contributed by atoms with van der Waals surface area (Å²) in [5.41, 5.74) is 1.10. The maximum absolute atomic E-state index is 12.7. The molecule has 0 unspecified atom stereocenters. The van der Waals surface area contributed by atoms with Gasteiger partial charge in [0.05, 0.1) is 0 Å². The highest BCUT2D eigenvalue weighted by Crippen LogP contribution is 2.28. The Morgan fingerprint density at radius 2 is 2.06 bits per heavy atom. The molecule has 0 spiro atoms. The van der Waals surface area contributed by atoms with Gasteiger partial charge in [-0.15, -0.1) is 0 Å². The molecule has 1 aliphatic heterocycles. The largest absolute Gasteiger partial charge is 0.426 e.